The minimum absolute atomic E-state index is 0.0145. The van der Waals surface area contributed by atoms with Gasteiger partial charge >= 0.3 is 6.18 Å². The highest BCUT2D eigenvalue weighted by Gasteiger charge is 2.40. The number of carbonyl (C=O) groups excluding carboxylic acids is 1. The molecule has 3 aromatic rings. The number of rotatable bonds is 1. The highest BCUT2D eigenvalue weighted by molar-refractivity contribution is 6.32. The van der Waals surface area contributed by atoms with E-state index in [0.29, 0.717) is 11.1 Å². The van der Waals surface area contributed by atoms with E-state index in [2.05, 4.69) is 15.0 Å². The summed E-state index contributed by atoms with van der Waals surface area (Å²) in [6, 6.07) is 0.577. The van der Waals surface area contributed by atoms with Gasteiger partial charge in [0.05, 0.1) is 24.0 Å². The number of H-pyrrole nitrogens is 1. The summed E-state index contributed by atoms with van der Waals surface area (Å²) in [5.41, 5.74) is 1.10. The molecule has 0 aliphatic carbocycles. The van der Waals surface area contributed by atoms with Crippen LogP contribution in [0, 0.1) is 12.7 Å². The van der Waals surface area contributed by atoms with Gasteiger partial charge in [0.15, 0.2) is 11.6 Å². The molecule has 1 amide bonds. The molecule has 1 aliphatic heterocycles. The Bertz CT molecular complexity index is 1100. The summed E-state index contributed by atoms with van der Waals surface area (Å²) in [6.45, 7) is 3.17. The van der Waals surface area contributed by atoms with Crippen molar-refractivity contribution in [1.82, 2.24) is 24.4 Å². The fraction of sp³-hybridized carbons (Fsp3) is 0.353. The standard InChI is InChI=1S/C17H14ClF4N5O/c1-7-5-27-9(4-23-16(27)17(20,21)22)6-26(7)15(28)14-24-12-8(2)10(18)3-11(19)13(12)25-14/h3-4,7H,5-6H2,1-2H3,(H,24,25)/t7-/m1/s1. The Kier molecular flexibility index (Phi) is 4.14. The normalized spacial score (nSPS) is 17.2. The molecule has 0 bridgehead atoms. The molecule has 28 heavy (non-hydrogen) atoms. The Balaban J connectivity index is 1.70. The van der Waals surface area contributed by atoms with E-state index < -0.39 is 29.8 Å². The molecule has 1 atom stereocenters. The van der Waals surface area contributed by atoms with Crippen LogP contribution in [-0.2, 0) is 19.3 Å². The molecule has 1 N–H and O–H groups in total. The second kappa shape index (κ2) is 6.20. The van der Waals surface area contributed by atoms with E-state index in [-0.39, 0.29) is 35.1 Å². The number of aromatic amines is 1. The highest BCUT2D eigenvalue weighted by Crippen LogP contribution is 2.32. The lowest BCUT2D eigenvalue weighted by molar-refractivity contribution is -0.148. The van der Waals surface area contributed by atoms with Gasteiger partial charge in [0.25, 0.3) is 5.91 Å². The second-order valence-corrected chi connectivity index (χ2v) is 7.15. The Morgan fingerprint density at radius 1 is 1.39 bits per heavy atom. The molecule has 0 saturated carbocycles. The maximum absolute atomic E-state index is 14.1. The second-order valence-electron chi connectivity index (χ2n) is 6.74. The molecule has 2 aromatic heterocycles. The maximum Gasteiger partial charge on any atom is 0.449 e. The van der Waals surface area contributed by atoms with Gasteiger partial charge in [-0.3, -0.25) is 4.79 Å². The molecule has 4 rings (SSSR count). The summed E-state index contributed by atoms with van der Waals surface area (Å²) in [7, 11) is 0. The Morgan fingerprint density at radius 3 is 2.79 bits per heavy atom. The smallest absolute Gasteiger partial charge is 0.333 e. The van der Waals surface area contributed by atoms with Crippen LogP contribution in [0.4, 0.5) is 17.6 Å². The van der Waals surface area contributed by atoms with Crippen molar-refractivity contribution in [2.45, 2.75) is 39.2 Å². The molecular formula is C17H14ClF4N5O. The number of halogens is 5. The van der Waals surface area contributed by atoms with Gasteiger partial charge in [0.1, 0.15) is 5.52 Å². The van der Waals surface area contributed by atoms with E-state index in [9.17, 15) is 22.4 Å². The van der Waals surface area contributed by atoms with Gasteiger partial charge in [-0.05, 0) is 25.5 Å². The lowest BCUT2D eigenvalue weighted by Gasteiger charge is -2.34. The van der Waals surface area contributed by atoms with Gasteiger partial charge in [0, 0.05) is 17.6 Å². The van der Waals surface area contributed by atoms with Gasteiger partial charge in [0.2, 0.25) is 5.82 Å². The third-order valence-electron chi connectivity index (χ3n) is 4.88. The molecule has 11 heteroatoms. The van der Waals surface area contributed by atoms with Gasteiger partial charge in [-0.2, -0.15) is 13.2 Å². The number of fused-ring (bicyclic) bond motifs is 2. The fourth-order valence-corrected chi connectivity index (χ4v) is 3.58. The quantitative estimate of drug-likeness (QED) is 0.612. The van der Waals surface area contributed by atoms with Crippen LogP contribution in [0.25, 0.3) is 11.0 Å². The van der Waals surface area contributed by atoms with Crippen molar-refractivity contribution in [2.75, 3.05) is 0 Å². The molecule has 6 nitrogen and oxygen atoms in total. The number of imidazole rings is 2. The Hall–Kier alpha value is -2.62. The number of aryl methyl sites for hydroxylation is 1. The molecule has 3 heterocycles. The lowest BCUT2D eigenvalue weighted by atomic mass is 10.2. The Labute approximate surface area is 161 Å². The SMILES string of the molecule is Cc1c(Cl)cc(F)c2nc(C(=O)N3Cc4cnc(C(F)(F)F)n4C[C@H]3C)[nH]c12. The van der Waals surface area contributed by atoms with Crippen molar-refractivity contribution in [2.24, 2.45) is 0 Å². The molecule has 148 valence electrons. The van der Waals surface area contributed by atoms with Crippen LogP contribution in [0.5, 0.6) is 0 Å². The zero-order valence-corrected chi connectivity index (χ0v) is 15.5. The van der Waals surface area contributed by atoms with Crippen molar-refractivity contribution in [3.8, 4) is 0 Å². The van der Waals surface area contributed by atoms with E-state index in [0.717, 1.165) is 16.8 Å². The summed E-state index contributed by atoms with van der Waals surface area (Å²) in [6.07, 6.45) is -3.46. The first kappa shape index (κ1) is 18.7. The molecule has 0 saturated heterocycles. The number of hydrogen-bond acceptors (Lipinski definition) is 3. The van der Waals surface area contributed by atoms with Crippen LogP contribution in [-0.4, -0.2) is 36.4 Å². The van der Waals surface area contributed by atoms with E-state index in [4.69, 9.17) is 11.6 Å². The number of alkyl halides is 3. The van der Waals surface area contributed by atoms with Crippen LogP contribution >= 0.6 is 11.6 Å². The number of carbonyl (C=O) groups is 1. The third kappa shape index (κ3) is 2.83. The summed E-state index contributed by atoms with van der Waals surface area (Å²) < 4.78 is 54.4. The van der Waals surface area contributed by atoms with Crippen molar-refractivity contribution in [3.05, 3.63) is 46.0 Å². The van der Waals surface area contributed by atoms with Crippen molar-refractivity contribution in [1.29, 1.82) is 0 Å². The number of nitrogens with one attached hydrogen (secondary N) is 1. The molecule has 1 aromatic carbocycles. The number of nitrogens with zero attached hydrogens (tertiary/aromatic N) is 4. The summed E-state index contributed by atoms with van der Waals surface area (Å²) in [4.78, 5) is 24.6. The van der Waals surface area contributed by atoms with Crippen LogP contribution in [0.1, 0.15) is 34.6 Å². The molecule has 0 unspecified atom stereocenters. The summed E-state index contributed by atoms with van der Waals surface area (Å²) in [5, 5.41) is 0.197. The number of amides is 1. The summed E-state index contributed by atoms with van der Waals surface area (Å²) >= 11 is 5.96. The molecule has 1 aliphatic rings. The first-order valence-electron chi connectivity index (χ1n) is 8.34. The van der Waals surface area contributed by atoms with Crippen molar-refractivity contribution < 1.29 is 22.4 Å². The molecule has 0 spiro atoms. The third-order valence-corrected chi connectivity index (χ3v) is 5.28. The topological polar surface area (TPSA) is 66.8 Å². The molecular weight excluding hydrogens is 402 g/mol. The zero-order valence-electron chi connectivity index (χ0n) is 14.7. The highest BCUT2D eigenvalue weighted by atomic mass is 35.5. The van der Waals surface area contributed by atoms with Gasteiger partial charge in [-0.25, -0.2) is 14.4 Å². The van der Waals surface area contributed by atoms with Crippen LogP contribution in [0.15, 0.2) is 12.3 Å². The average Bonchev–Trinajstić information content (AvgIpc) is 3.22. The summed E-state index contributed by atoms with van der Waals surface area (Å²) in [5.74, 6) is -2.30. The number of aromatic nitrogens is 4. The first-order chi connectivity index (χ1) is 13.1. The minimum Gasteiger partial charge on any atom is -0.333 e. The van der Waals surface area contributed by atoms with Gasteiger partial charge in [-0.1, -0.05) is 11.6 Å². The van der Waals surface area contributed by atoms with E-state index in [1.54, 1.807) is 13.8 Å². The van der Waals surface area contributed by atoms with E-state index in [1.165, 1.54) is 4.90 Å². The van der Waals surface area contributed by atoms with Crippen LogP contribution in [0.2, 0.25) is 5.02 Å². The fourth-order valence-electron chi connectivity index (χ4n) is 3.39. The molecule has 0 fully saturated rings. The van der Waals surface area contributed by atoms with Crippen LogP contribution in [0.3, 0.4) is 0 Å². The predicted octanol–water partition coefficient (Wildman–Crippen LogP) is 3.92. The maximum atomic E-state index is 14.1. The van der Waals surface area contributed by atoms with Gasteiger partial charge in [-0.15, -0.1) is 0 Å². The van der Waals surface area contributed by atoms with E-state index >= 15 is 0 Å². The van der Waals surface area contributed by atoms with E-state index in [1.807, 2.05) is 0 Å². The van der Waals surface area contributed by atoms with Crippen molar-refractivity contribution in [3.63, 3.8) is 0 Å². The Morgan fingerprint density at radius 2 is 2.11 bits per heavy atom. The minimum atomic E-state index is -4.57. The largest absolute Gasteiger partial charge is 0.449 e. The van der Waals surface area contributed by atoms with Gasteiger partial charge < -0.3 is 14.5 Å². The lowest BCUT2D eigenvalue weighted by Crippen LogP contribution is -2.45. The first-order valence-corrected chi connectivity index (χ1v) is 8.72. The van der Waals surface area contributed by atoms with Crippen molar-refractivity contribution >= 4 is 28.5 Å². The monoisotopic (exact) mass is 415 g/mol. The predicted molar refractivity (Wildman–Crippen MR) is 92.4 cm³/mol. The average molecular weight is 416 g/mol. The zero-order chi connectivity index (χ0) is 20.4. The molecule has 0 radical (unpaired) electrons. The van der Waals surface area contributed by atoms with Crippen LogP contribution < -0.4 is 0 Å². The number of hydrogen-bond donors (Lipinski definition) is 1. The number of benzene rings is 1.